The number of aliphatic carboxylic acids is 1. The van der Waals surface area contributed by atoms with Gasteiger partial charge in [0.15, 0.2) is 0 Å². The van der Waals surface area contributed by atoms with Crippen molar-refractivity contribution < 1.29 is 14.6 Å². The van der Waals surface area contributed by atoms with Crippen molar-refractivity contribution in [1.82, 2.24) is 10.9 Å². The van der Waals surface area contributed by atoms with Crippen molar-refractivity contribution in [3.05, 3.63) is 11.4 Å². The lowest BCUT2D eigenvalue weighted by Gasteiger charge is -2.24. The first-order chi connectivity index (χ1) is 7.07. The van der Waals surface area contributed by atoms with Gasteiger partial charge < -0.3 is 9.84 Å². The van der Waals surface area contributed by atoms with Crippen molar-refractivity contribution in [2.24, 2.45) is 4.99 Å². The Balaban J connectivity index is 2.37. The highest BCUT2D eigenvalue weighted by Crippen LogP contribution is 2.34. The molecule has 15 heavy (non-hydrogen) atoms. The molecule has 2 aliphatic heterocycles. The quantitative estimate of drug-likeness (QED) is 0.598. The van der Waals surface area contributed by atoms with E-state index in [-0.39, 0.29) is 5.84 Å². The summed E-state index contributed by atoms with van der Waals surface area (Å²) in [6, 6.07) is 0. The first-order valence-electron chi connectivity index (χ1n) is 4.78. The van der Waals surface area contributed by atoms with E-state index in [4.69, 9.17) is 9.84 Å². The van der Waals surface area contributed by atoms with E-state index in [9.17, 15) is 4.79 Å². The fraction of sp³-hybridized carbons (Fsp3) is 0.556. The fourth-order valence-corrected chi connectivity index (χ4v) is 1.61. The Bertz CT molecular complexity index is 375. The van der Waals surface area contributed by atoms with Crippen LogP contribution >= 0.6 is 0 Å². The average Bonchev–Trinajstić information content (AvgIpc) is 2.57. The van der Waals surface area contributed by atoms with Gasteiger partial charge in [-0.3, -0.25) is 10.9 Å². The number of carbonyl (C=O) groups is 1. The first kappa shape index (κ1) is 9.97. The molecule has 0 amide bonds. The van der Waals surface area contributed by atoms with Crippen molar-refractivity contribution in [2.75, 3.05) is 6.61 Å². The molecule has 2 heterocycles. The highest BCUT2D eigenvalue weighted by atomic mass is 16.5. The normalized spacial score (nSPS) is 29.1. The van der Waals surface area contributed by atoms with E-state index in [0.29, 0.717) is 12.3 Å². The van der Waals surface area contributed by atoms with Gasteiger partial charge in [-0.15, -0.1) is 0 Å². The standard InChI is InChI=1S/C9H13N3O3/c1-3-9(2)6-5(4-15-9)11-12-7(10-6)8(13)14/h11H,3-4H2,1-2H3,(H,10,12)(H,13,14). The van der Waals surface area contributed by atoms with Crippen molar-refractivity contribution in [3.8, 4) is 0 Å². The lowest BCUT2D eigenvalue weighted by Crippen LogP contribution is -2.45. The minimum atomic E-state index is -1.08. The molecular weight excluding hydrogens is 198 g/mol. The average molecular weight is 211 g/mol. The second kappa shape index (κ2) is 3.23. The Morgan fingerprint density at radius 2 is 2.40 bits per heavy atom. The Kier molecular flexibility index (Phi) is 2.15. The van der Waals surface area contributed by atoms with Crippen LogP contribution in [0.2, 0.25) is 0 Å². The monoisotopic (exact) mass is 211 g/mol. The van der Waals surface area contributed by atoms with Crippen LogP contribution in [0.3, 0.4) is 0 Å². The van der Waals surface area contributed by atoms with Crippen LogP contribution in [0.4, 0.5) is 0 Å². The van der Waals surface area contributed by atoms with Crippen molar-refractivity contribution >= 4 is 11.8 Å². The maximum absolute atomic E-state index is 10.7. The van der Waals surface area contributed by atoms with Crippen molar-refractivity contribution in [3.63, 3.8) is 0 Å². The summed E-state index contributed by atoms with van der Waals surface area (Å²) in [7, 11) is 0. The molecule has 0 fully saturated rings. The highest BCUT2D eigenvalue weighted by Gasteiger charge is 2.39. The van der Waals surface area contributed by atoms with Crippen LogP contribution in [0.5, 0.6) is 0 Å². The third kappa shape index (κ3) is 1.46. The summed E-state index contributed by atoms with van der Waals surface area (Å²) in [5.41, 5.74) is 6.32. The maximum atomic E-state index is 10.7. The molecule has 6 heteroatoms. The molecule has 0 aromatic heterocycles. The molecule has 2 aliphatic rings. The largest absolute Gasteiger partial charge is 0.475 e. The van der Waals surface area contributed by atoms with E-state index >= 15 is 0 Å². The summed E-state index contributed by atoms with van der Waals surface area (Å²) in [6.45, 7) is 4.32. The smallest absolute Gasteiger partial charge is 0.373 e. The van der Waals surface area contributed by atoms with Crippen LogP contribution in [0.15, 0.2) is 16.4 Å². The van der Waals surface area contributed by atoms with Crippen LogP contribution in [-0.4, -0.2) is 29.1 Å². The molecule has 0 bridgehead atoms. The molecule has 0 aromatic carbocycles. The maximum Gasteiger partial charge on any atom is 0.373 e. The predicted molar refractivity (Wildman–Crippen MR) is 53.0 cm³/mol. The van der Waals surface area contributed by atoms with Crippen molar-refractivity contribution in [1.29, 1.82) is 0 Å². The lowest BCUT2D eigenvalue weighted by molar-refractivity contribution is -0.129. The van der Waals surface area contributed by atoms with Crippen molar-refractivity contribution in [2.45, 2.75) is 25.9 Å². The summed E-state index contributed by atoms with van der Waals surface area (Å²) >= 11 is 0. The molecule has 0 spiro atoms. The third-order valence-electron chi connectivity index (χ3n) is 2.75. The second-order valence-electron chi connectivity index (χ2n) is 3.72. The topological polar surface area (TPSA) is 83.0 Å². The highest BCUT2D eigenvalue weighted by molar-refractivity contribution is 6.34. The Morgan fingerprint density at radius 1 is 1.67 bits per heavy atom. The van der Waals surface area contributed by atoms with E-state index in [1.807, 2.05) is 13.8 Å². The zero-order chi connectivity index (χ0) is 11.1. The third-order valence-corrected chi connectivity index (χ3v) is 2.75. The molecule has 0 radical (unpaired) electrons. The van der Waals surface area contributed by atoms with Gasteiger partial charge in [0.25, 0.3) is 0 Å². The van der Waals surface area contributed by atoms with E-state index in [1.54, 1.807) is 0 Å². The van der Waals surface area contributed by atoms with Crippen LogP contribution in [0.1, 0.15) is 20.3 Å². The molecule has 82 valence electrons. The number of aliphatic imine (C=N–C) groups is 1. The number of amidine groups is 1. The number of hydrazine groups is 1. The fourth-order valence-electron chi connectivity index (χ4n) is 1.61. The molecular formula is C9H13N3O3. The number of ether oxygens (including phenoxy) is 1. The summed E-state index contributed by atoms with van der Waals surface area (Å²) in [5.74, 6) is -1.18. The predicted octanol–water partition coefficient (Wildman–Crippen LogP) is -0.0122. The summed E-state index contributed by atoms with van der Waals surface area (Å²) in [5, 5.41) is 8.80. The second-order valence-corrected chi connectivity index (χ2v) is 3.72. The molecule has 0 saturated heterocycles. The molecule has 3 N–H and O–H groups in total. The van der Waals surface area contributed by atoms with Gasteiger partial charge in [0, 0.05) is 0 Å². The molecule has 2 rings (SSSR count). The van der Waals surface area contributed by atoms with Gasteiger partial charge >= 0.3 is 5.97 Å². The summed E-state index contributed by atoms with van der Waals surface area (Å²) in [6.07, 6.45) is 0.754. The minimum absolute atomic E-state index is 0.0982. The SMILES string of the molecule is CCC1(C)OCC2=C1N=C(C(=O)O)NN2. The zero-order valence-electron chi connectivity index (χ0n) is 8.63. The van der Waals surface area contributed by atoms with Gasteiger partial charge in [-0.25, -0.2) is 9.79 Å². The number of rotatable bonds is 2. The summed E-state index contributed by atoms with van der Waals surface area (Å²) < 4.78 is 5.59. The molecule has 0 aromatic rings. The number of hydrogen-bond acceptors (Lipinski definition) is 5. The number of carboxylic acid groups (broad SMARTS) is 1. The Hall–Kier alpha value is -1.56. The number of nitrogens with zero attached hydrogens (tertiary/aromatic N) is 1. The van der Waals surface area contributed by atoms with Gasteiger partial charge in [-0.1, -0.05) is 6.92 Å². The first-order valence-corrected chi connectivity index (χ1v) is 4.78. The molecule has 0 aliphatic carbocycles. The number of hydrogen-bond donors (Lipinski definition) is 3. The van der Waals surface area contributed by atoms with Crippen LogP contribution in [-0.2, 0) is 9.53 Å². The molecule has 0 saturated carbocycles. The number of carboxylic acids is 1. The van der Waals surface area contributed by atoms with Crippen LogP contribution in [0, 0.1) is 0 Å². The number of nitrogens with one attached hydrogen (secondary N) is 2. The molecule has 1 atom stereocenters. The van der Waals surface area contributed by atoms with Crippen LogP contribution < -0.4 is 10.9 Å². The minimum Gasteiger partial charge on any atom is -0.475 e. The van der Waals surface area contributed by atoms with Gasteiger partial charge in [0.05, 0.1) is 18.0 Å². The van der Waals surface area contributed by atoms with E-state index in [0.717, 1.165) is 12.1 Å². The van der Waals surface area contributed by atoms with E-state index in [1.165, 1.54) is 0 Å². The van der Waals surface area contributed by atoms with Gasteiger partial charge in [0.1, 0.15) is 5.60 Å². The van der Waals surface area contributed by atoms with E-state index in [2.05, 4.69) is 15.8 Å². The Morgan fingerprint density at radius 3 is 3.00 bits per heavy atom. The van der Waals surface area contributed by atoms with Crippen LogP contribution in [0.25, 0.3) is 0 Å². The van der Waals surface area contributed by atoms with E-state index < -0.39 is 11.6 Å². The van der Waals surface area contributed by atoms with Gasteiger partial charge in [0.2, 0.25) is 5.84 Å². The molecule has 1 unspecified atom stereocenters. The van der Waals surface area contributed by atoms with Gasteiger partial charge in [-0.2, -0.15) is 0 Å². The summed E-state index contributed by atoms with van der Waals surface area (Å²) in [4.78, 5) is 14.8. The van der Waals surface area contributed by atoms with Gasteiger partial charge in [-0.05, 0) is 13.3 Å². The Labute approximate surface area is 87.0 Å². The lowest BCUT2D eigenvalue weighted by atomic mass is 9.99. The molecule has 6 nitrogen and oxygen atoms in total. The zero-order valence-corrected chi connectivity index (χ0v) is 8.63.